The van der Waals surface area contributed by atoms with E-state index in [0.717, 1.165) is 69.6 Å². The van der Waals surface area contributed by atoms with Crippen molar-refractivity contribution >= 4 is 78.2 Å². The zero-order valence-corrected chi connectivity index (χ0v) is 62.2. The number of nitrogen functional groups attached to an aromatic ring is 4. The Morgan fingerprint density at radius 3 is 1.33 bits per heavy atom. The topological polar surface area (TPSA) is 429 Å². The molecule has 90 heavy (non-hydrogen) atoms. The predicted octanol–water partition coefficient (Wildman–Crippen LogP) is -2.17. The van der Waals surface area contributed by atoms with Crippen LogP contribution in [-0.2, 0) is 11.3 Å². The number of hydrogen-bond donors (Lipinski definition) is 11. The molecular formula is C59H74N20O8Rb2Si+. The van der Waals surface area contributed by atoms with Gasteiger partial charge in [-0.15, -0.1) is 0 Å². The summed E-state index contributed by atoms with van der Waals surface area (Å²) in [5, 5.41) is 39.9. The summed E-state index contributed by atoms with van der Waals surface area (Å²) in [6, 6.07) is 9.53. The van der Waals surface area contributed by atoms with Crippen molar-refractivity contribution in [1.82, 2.24) is 78.1 Å². The summed E-state index contributed by atoms with van der Waals surface area (Å²) >= 11 is 0. The Morgan fingerprint density at radius 1 is 0.556 bits per heavy atom. The molecule has 4 saturated carbocycles. The van der Waals surface area contributed by atoms with Gasteiger partial charge in [0.05, 0.1) is 99.0 Å². The molecule has 0 amide bonds. The van der Waals surface area contributed by atoms with E-state index < -0.39 is 17.8 Å². The molecule has 0 spiro atoms. The zero-order chi connectivity index (χ0) is 63.0. The molecule has 15 N–H and O–H groups in total. The first-order chi connectivity index (χ1) is 42.2. The number of aromatic amines is 2. The van der Waals surface area contributed by atoms with Crippen LogP contribution in [0, 0.1) is 37.5 Å². The van der Waals surface area contributed by atoms with E-state index in [0.29, 0.717) is 60.9 Å². The van der Waals surface area contributed by atoms with E-state index >= 15 is 0 Å². The second kappa shape index (κ2) is 30.2. The second-order valence-electron chi connectivity index (χ2n) is 22.7. The number of nitrogens with zero attached hydrogens (tertiary/aromatic N) is 14. The minimum Gasteiger partial charge on any atom is -0.634 e. The molecule has 463 valence electrons. The first kappa shape index (κ1) is 70.6. The van der Waals surface area contributed by atoms with Crippen LogP contribution in [0.1, 0.15) is 93.5 Å². The molecule has 0 bridgehead atoms. The minimum absolute atomic E-state index is 0. The zero-order valence-electron chi connectivity index (χ0n) is 51.3. The molecule has 1 aromatic carbocycles. The number of aromatic nitrogens is 16. The third-order valence-electron chi connectivity index (χ3n) is 17.5. The molecule has 8 heterocycles. The van der Waals surface area contributed by atoms with Crippen molar-refractivity contribution in [2.45, 2.75) is 121 Å². The van der Waals surface area contributed by atoms with Crippen LogP contribution in [-0.4, -0.2) is 145 Å². The number of benzene rings is 1. The van der Waals surface area contributed by atoms with Gasteiger partial charge in [0.1, 0.15) is 11.0 Å². The molecule has 0 unspecified atom stereocenters. The SMILES string of the molecule is C=C1[C@H](CC)[C@@H](O)C[C@@H]1n1cnc2c(C)nc(N)nc21.C=C1[C@H](CC)[C@@H]([Si-]O)C[C@@H]1n1cnc2c(C)nc(N)nc21.C=C1[C@H](CO)[C@@H](O)C[C@@H]1n1cnc2c(=O)[nH]c(N)nc21.C=C1[C@H](COCc2ccccc2)[C@@H](O)C[C@@H]1n1cnc2c(=O)[nH]c(N)nc21.[Rb+].[Rb+]. The summed E-state index contributed by atoms with van der Waals surface area (Å²) in [4.78, 5) is 80.3. The number of imidazole rings is 4. The number of aliphatic hydroxyl groups is 4. The fourth-order valence-electron chi connectivity index (χ4n) is 12.9. The number of aliphatic hydroxyl groups excluding tert-OH is 4. The van der Waals surface area contributed by atoms with Crippen LogP contribution in [0.2, 0.25) is 5.54 Å². The Hall–Kier alpha value is -5.23. The maximum atomic E-state index is 12.0. The number of ether oxygens (including phenoxy) is 1. The summed E-state index contributed by atoms with van der Waals surface area (Å²) < 4.78 is 13.2. The Kier molecular flexibility index (Phi) is 23.7. The molecule has 8 aromatic heterocycles. The number of rotatable bonds is 12. The smallest absolute Gasteiger partial charge is 0.634 e. The normalized spacial score (nSPS) is 24.6. The van der Waals surface area contributed by atoms with Crippen molar-refractivity contribution in [3.05, 3.63) is 142 Å². The van der Waals surface area contributed by atoms with Crippen molar-refractivity contribution in [2.75, 3.05) is 36.1 Å². The van der Waals surface area contributed by atoms with E-state index in [2.05, 4.69) is 100.0 Å². The van der Waals surface area contributed by atoms with Gasteiger partial charge in [-0.3, -0.25) is 29.3 Å². The first-order valence-electron chi connectivity index (χ1n) is 28.9. The van der Waals surface area contributed by atoms with Crippen LogP contribution < -0.4 is 150 Å². The molecule has 4 aliphatic carbocycles. The summed E-state index contributed by atoms with van der Waals surface area (Å²) in [5.41, 5.74) is 32.7. The van der Waals surface area contributed by atoms with Crippen molar-refractivity contribution in [1.29, 1.82) is 0 Å². The van der Waals surface area contributed by atoms with Gasteiger partial charge in [0.25, 0.3) is 11.1 Å². The van der Waals surface area contributed by atoms with Gasteiger partial charge in [0.2, 0.25) is 23.8 Å². The van der Waals surface area contributed by atoms with Crippen molar-refractivity contribution in [2.24, 2.45) is 23.7 Å². The molecular weight excluding hydrogens is 1320 g/mol. The van der Waals surface area contributed by atoms with Gasteiger partial charge in [-0.1, -0.05) is 88.9 Å². The Morgan fingerprint density at radius 2 is 0.933 bits per heavy atom. The Labute approximate surface area is 617 Å². The number of fused-ring (bicyclic) bond motifs is 4. The molecule has 28 nitrogen and oxygen atoms in total. The molecule has 13 rings (SSSR count). The van der Waals surface area contributed by atoms with Gasteiger partial charge in [0.15, 0.2) is 33.6 Å². The van der Waals surface area contributed by atoms with Crippen LogP contribution in [0.3, 0.4) is 0 Å². The average molecular weight is 1390 g/mol. The van der Waals surface area contributed by atoms with Crippen LogP contribution in [0.4, 0.5) is 23.8 Å². The number of nitrogens with two attached hydrogens (primary N) is 4. The fourth-order valence-corrected chi connectivity index (χ4v) is 13.8. The van der Waals surface area contributed by atoms with E-state index in [1.54, 1.807) is 28.1 Å². The van der Waals surface area contributed by atoms with Gasteiger partial charge in [-0.05, 0) is 67.7 Å². The standard InChI is InChI=1S/C19H21N5O3.C14H19N5OSi.C14H19N5O.C12H15N5O3.2Rb/c1-11-13(9-27-8-12-5-3-2-4-6-12)15(25)7-14(11)24-10-21-16-17(24)22-19(20)23-18(16)26;1-4-9-7(2)10(5-11(9)21-20)19-6-16-12-8(3)17-14(15)18-13(12)19;1-4-9-7(2)10(5-11(9)20)19-6-16-12-8(3)17-14(15)18-13(12)19;1-5-6(3-18)8(19)2-7(5)17-4-14-9-10(17)15-12(13)16-11(9)20;;/h2-6,10,13-15,25H,1,7-9H2,(H3,20,22,23,26);6,9-11,20H,2,4-5H2,1,3H3,(H2,15,17,18);6,9-11,20H,2,4-5H2,1,3H3,(H2,15,17,18);4,6-8,18-19H,1-3H2,(H3,13,15,16,20);;/q;-1;;;2*+1/t13-,14-,15-;2*9-,10-,11-;6-,7-,8-;;/m0000../s1. The molecule has 31 heteroatoms. The summed E-state index contributed by atoms with van der Waals surface area (Å²) in [6.07, 6.45) is 9.20. The van der Waals surface area contributed by atoms with Gasteiger partial charge < -0.3 is 71.2 Å². The molecule has 0 saturated heterocycles. The molecule has 4 aliphatic rings. The van der Waals surface area contributed by atoms with E-state index in [1.165, 1.54) is 6.33 Å². The number of hydrogen-bond acceptors (Lipinski definition) is 22. The summed E-state index contributed by atoms with van der Waals surface area (Å²) in [6.45, 7) is 25.2. The fraction of sp³-hybridized carbons (Fsp3) is 0.424. The first-order valence-corrected chi connectivity index (χ1v) is 30.0. The maximum Gasteiger partial charge on any atom is 1.00 e. The van der Waals surface area contributed by atoms with Crippen molar-refractivity contribution < 1.29 is 146 Å². The van der Waals surface area contributed by atoms with Crippen LogP contribution >= 0.6 is 0 Å². The van der Waals surface area contributed by atoms with Crippen LogP contribution in [0.15, 0.2) is 114 Å². The third kappa shape index (κ3) is 14.3. The van der Waals surface area contributed by atoms with Crippen LogP contribution in [0.25, 0.3) is 44.7 Å². The van der Waals surface area contributed by atoms with Crippen molar-refractivity contribution in [3.63, 3.8) is 0 Å². The molecule has 0 aliphatic heterocycles. The van der Waals surface area contributed by atoms with E-state index in [4.69, 9.17) is 27.7 Å². The second-order valence-corrected chi connectivity index (χ2v) is 23.7. The largest absolute Gasteiger partial charge is 1.00 e. The van der Waals surface area contributed by atoms with Gasteiger partial charge in [-0.2, -0.15) is 25.5 Å². The minimum atomic E-state index is -0.672. The molecule has 4 fully saturated rings. The average Bonchev–Trinajstić information content (AvgIpc) is 1.75. The summed E-state index contributed by atoms with van der Waals surface area (Å²) in [5.74, 6) is 0.459. The third-order valence-corrected chi connectivity index (χ3v) is 18.5. The summed E-state index contributed by atoms with van der Waals surface area (Å²) in [7, 11) is -0.0548. The Balaban J connectivity index is 0.000000155. The Bertz CT molecular complexity index is 4210. The quantitative estimate of drug-likeness (QED) is 0.0458. The van der Waals surface area contributed by atoms with Gasteiger partial charge in [0, 0.05) is 17.8 Å². The monoisotopic (exact) mass is 1390 g/mol. The number of allylic oxidation sites excluding steroid dienone is 1. The van der Waals surface area contributed by atoms with E-state index in [1.807, 2.05) is 53.3 Å². The van der Waals surface area contributed by atoms with E-state index in [9.17, 15) is 34.8 Å². The number of nitrogens with one attached hydrogen (secondary N) is 2. The number of aryl methyl sites for hydroxylation is 2. The van der Waals surface area contributed by atoms with Crippen molar-refractivity contribution in [3.8, 4) is 0 Å². The predicted molar refractivity (Wildman–Crippen MR) is 333 cm³/mol. The van der Waals surface area contributed by atoms with Gasteiger partial charge >= 0.3 is 116 Å². The van der Waals surface area contributed by atoms with Crippen LogP contribution in [0.5, 0.6) is 0 Å². The number of anilines is 4. The molecule has 12 atom stereocenters. The molecule has 1 radical (unpaired) electrons. The molecule has 9 aromatic rings. The van der Waals surface area contributed by atoms with E-state index in [-0.39, 0.29) is 227 Å². The number of H-pyrrole nitrogens is 2. The maximum absolute atomic E-state index is 12.0. The van der Waals surface area contributed by atoms with Gasteiger partial charge in [-0.25, -0.2) is 29.9 Å².